The maximum atomic E-state index is 11.8. The third-order valence-corrected chi connectivity index (χ3v) is 3.07. The molecule has 0 unspecified atom stereocenters. The van der Waals surface area contributed by atoms with E-state index in [0.29, 0.717) is 16.9 Å². The molecule has 0 saturated heterocycles. The van der Waals surface area contributed by atoms with E-state index in [1.807, 2.05) is 0 Å². The van der Waals surface area contributed by atoms with Crippen LogP contribution in [0.4, 0.5) is 0 Å². The van der Waals surface area contributed by atoms with E-state index in [1.165, 1.54) is 31.4 Å². The molecule has 0 aliphatic carbocycles. The fourth-order valence-corrected chi connectivity index (χ4v) is 1.95. The number of methoxy groups -OCH3 is 1. The summed E-state index contributed by atoms with van der Waals surface area (Å²) in [4.78, 5) is 26.3. The minimum Gasteiger partial charge on any atom is -0.504 e. The number of carbonyl (C=O) groups excluding carboxylic acids is 1. The average Bonchev–Trinajstić information content (AvgIpc) is 2.58. The van der Waals surface area contributed by atoms with E-state index in [4.69, 9.17) is 9.47 Å². The number of ether oxygens (including phenoxy) is 2. The quantitative estimate of drug-likeness (QED) is 0.270. The van der Waals surface area contributed by atoms with E-state index in [0.717, 1.165) is 0 Å². The van der Waals surface area contributed by atoms with Gasteiger partial charge in [0.15, 0.2) is 11.5 Å². The molecule has 8 nitrogen and oxygen atoms in total. The van der Waals surface area contributed by atoms with Crippen LogP contribution < -0.4 is 9.47 Å². The van der Waals surface area contributed by atoms with E-state index in [9.17, 15) is 20.0 Å². The van der Waals surface area contributed by atoms with Gasteiger partial charge in [-0.25, -0.2) is 4.79 Å². The molecule has 0 aromatic heterocycles. The molecule has 0 aliphatic heterocycles. The predicted molar refractivity (Wildman–Crippen MR) is 87.6 cm³/mol. The lowest BCUT2D eigenvalue weighted by atomic mass is 10.2. The molecule has 0 fully saturated rings. The van der Waals surface area contributed by atoms with Gasteiger partial charge in [-0.05, 0) is 41.5 Å². The van der Waals surface area contributed by atoms with Crippen LogP contribution in [0.1, 0.15) is 11.1 Å². The van der Waals surface area contributed by atoms with Crippen LogP contribution in [0.2, 0.25) is 0 Å². The molecule has 1 N–H and O–H groups in total. The van der Waals surface area contributed by atoms with E-state index < -0.39 is 11.1 Å². The molecule has 8 heteroatoms. The second-order valence-electron chi connectivity index (χ2n) is 4.83. The number of carbonyl (C=O) groups is 1. The monoisotopic (exact) mass is 345 g/mol. The van der Waals surface area contributed by atoms with Crippen molar-refractivity contribution in [1.82, 2.24) is 0 Å². The SMILES string of the molecule is COc1ccc(C=CC(=O)Oc2cccc(CO[N+](=O)[O-])c2)cc1O. The van der Waals surface area contributed by atoms with Crippen LogP contribution in [0.3, 0.4) is 0 Å². The van der Waals surface area contributed by atoms with Gasteiger partial charge in [-0.1, -0.05) is 18.2 Å². The van der Waals surface area contributed by atoms with Crippen LogP contribution in [-0.2, 0) is 16.2 Å². The van der Waals surface area contributed by atoms with Crippen LogP contribution in [0.15, 0.2) is 48.5 Å². The van der Waals surface area contributed by atoms with Crippen molar-refractivity contribution in [2.75, 3.05) is 7.11 Å². The molecule has 130 valence electrons. The Balaban J connectivity index is 1.98. The van der Waals surface area contributed by atoms with Gasteiger partial charge in [0.05, 0.1) is 7.11 Å². The van der Waals surface area contributed by atoms with E-state index in [-0.39, 0.29) is 18.1 Å². The standard InChI is InChI=1S/C17H15NO7/c1-23-16-7-5-12(10-15(16)19)6-8-17(20)25-14-4-2-3-13(9-14)11-24-18(21)22/h2-10,19H,11H2,1H3. The maximum Gasteiger partial charge on any atom is 0.336 e. The summed E-state index contributed by atoms with van der Waals surface area (Å²) < 4.78 is 10.1. The van der Waals surface area contributed by atoms with Gasteiger partial charge in [-0.3, -0.25) is 0 Å². The van der Waals surface area contributed by atoms with E-state index in [1.54, 1.807) is 30.3 Å². The topological polar surface area (TPSA) is 108 Å². The Bertz CT molecular complexity index is 801. The number of hydrogen-bond donors (Lipinski definition) is 1. The first kappa shape index (κ1) is 17.8. The molecule has 0 bridgehead atoms. The minimum atomic E-state index is -0.897. The Morgan fingerprint density at radius 1 is 1.28 bits per heavy atom. The van der Waals surface area contributed by atoms with Crippen molar-refractivity contribution >= 4 is 12.0 Å². The van der Waals surface area contributed by atoms with Crippen LogP contribution in [0, 0.1) is 10.1 Å². The van der Waals surface area contributed by atoms with Crippen LogP contribution in [-0.4, -0.2) is 23.3 Å². The number of nitrogens with zero attached hydrogens (tertiary/aromatic N) is 1. The Kier molecular flexibility index (Phi) is 5.94. The van der Waals surface area contributed by atoms with Gasteiger partial charge in [-0.2, -0.15) is 0 Å². The zero-order chi connectivity index (χ0) is 18.2. The van der Waals surface area contributed by atoms with Crippen molar-refractivity contribution in [2.45, 2.75) is 6.61 Å². The number of phenols is 1. The van der Waals surface area contributed by atoms with Crippen LogP contribution in [0.25, 0.3) is 6.08 Å². The van der Waals surface area contributed by atoms with Gasteiger partial charge in [0.25, 0.3) is 5.09 Å². The number of rotatable bonds is 7. The van der Waals surface area contributed by atoms with Crippen LogP contribution in [0.5, 0.6) is 17.2 Å². The summed E-state index contributed by atoms with van der Waals surface area (Å²) >= 11 is 0. The Morgan fingerprint density at radius 2 is 2.08 bits per heavy atom. The summed E-state index contributed by atoms with van der Waals surface area (Å²) in [7, 11) is 1.44. The molecule has 0 spiro atoms. The van der Waals surface area contributed by atoms with Crippen molar-refractivity contribution in [3.8, 4) is 17.2 Å². The highest BCUT2D eigenvalue weighted by Gasteiger charge is 2.05. The van der Waals surface area contributed by atoms with E-state index in [2.05, 4.69) is 4.84 Å². The number of aromatic hydroxyl groups is 1. The summed E-state index contributed by atoms with van der Waals surface area (Å²) in [6.45, 7) is -0.237. The van der Waals surface area contributed by atoms with Crippen molar-refractivity contribution in [3.63, 3.8) is 0 Å². The smallest absolute Gasteiger partial charge is 0.336 e. The summed E-state index contributed by atoms with van der Waals surface area (Å²) in [5, 5.41) is 19.0. The molecule has 0 atom stereocenters. The first-order valence-electron chi connectivity index (χ1n) is 7.11. The van der Waals surface area contributed by atoms with Crippen molar-refractivity contribution in [3.05, 3.63) is 69.8 Å². The lowest BCUT2D eigenvalue weighted by Crippen LogP contribution is -2.05. The lowest BCUT2D eigenvalue weighted by molar-refractivity contribution is -0.763. The summed E-state index contributed by atoms with van der Waals surface area (Å²) in [5.41, 5.74) is 1.08. The summed E-state index contributed by atoms with van der Waals surface area (Å²) in [5.74, 6) is -0.121. The molecular formula is C17H15NO7. The van der Waals surface area contributed by atoms with Gasteiger partial charge >= 0.3 is 5.97 Å². The van der Waals surface area contributed by atoms with Crippen molar-refractivity contribution in [2.24, 2.45) is 0 Å². The molecule has 0 saturated carbocycles. The fourth-order valence-electron chi connectivity index (χ4n) is 1.95. The zero-order valence-corrected chi connectivity index (χ0v) is 13.2. The Hall–Kier alpha value is -3.55. The first-order valence-corrected chi connectivity index (χ1v) is 7.11. The average molecular weight is 345 g/mol. The highest BCUT2D eigenvalue weighted by atomic mass is 16.9. The summed E-state index contributed by atoms with van der Waals surface area (Å²) in [6.07, 6.45) is 2.67. The van der Waals surface area contributed by atoms with Gasteiger partial charge in [0.1, 0.15) is 12.4 Å². The van der Waals surface area contributed by atoms with Gasteiger partial charge in [0, 0.05) is 6.08 Å². The highest BCUT2D eigenvalue weighted by molar-refractivity contribution is 5.88. The molecule has 2 aromatic rings. The maximum absolute atomic E-state index is 11.8. The Morgan fingerprint density at radius 3 is 2.76 bits per heavy atom. The van der Waals surface area contributed by atoms with E-state index >= 15 is 0 Å². The minimum absolute atomic E-state index is 0.0449. The second-order valence-corrected chi connectivity index (χ2v) is 4.83. The largest absolute Gasteiger partial charge is 0.504 e. The van der Waals surface area contributed by atoms with Gasteiger partial charge in [0.2, 0.25) is 0 Å². The predicted octanol–water partition coefficient (Wildman–Crippen LogP) is 2.73. The Labute approximate surface area is 143 Å². The summed E-state index contributed by atoms with van der Waals surface area (Å²) in [6, 6.07) is 10.9. The molecule has 0 radical (unpaired) electrons. The molecule has 0 amide bonds. The molecule has 0 heterocycles. The fraction of sp³-hybridized carbons (Fsp3) is 0.118. The molecule has 25 heavy (non-hydrogen) atoms. The van der Waals surface area contributed by atoms with Gasteiger partial charge in [-0.15, -0.1) is 10.1 Å². The first-order chi connectivity index (χ1) is 12.0. The van der Waals surface area contributed by atoms with Crippen LogP contribution >= 0.6 is 0 Å². The molecule has 2 aromatic carbocycles. The second kappa shape index (κ2) is 8.34. The number of hydrogen-bond acceptors (Lipinski definition) is 7. The molecule has 0 aliphatic rings. The lowest BCUT2D eigenvalue weighted by Gasteiger charge is -2.05. The third-order valence-electron chi connectivity index (χ3n) is 3.07. The normalized spacial score (nSPS) is 10.4. The molecule has 2 rings (SSSR count). The number of phenolic OH excluding ortho intramolecular Hbond substituents is 1. The zero-order valence-electron chi connectivity index (χ0n) is 13.2. The number of esters is 1. The highest BCUT2D eigenvalue weighted by Crippen LogP contribution is 2.26. The molecular weight excluding hydrogens is 330 g/mol. The van der Waals surface area contributed by atoms with Crippen molar-refractivity contribution in [1.29, 1.82) is 0 Å². The number of benzene rings is 2. The van der Waals surface area contributed by atoms with Crippen molar-refractivity contribution < 1.29 is 29.3 Å². The van der Waals surface area contributed by atoms with Gasteiger partial charge < -0.3 is 19.4 Å². The third kappa shape index (κ3) is 5.54.